The fraction of sp³-hybridized carbons (Fsp3) is 0.316. The van der Waals surface area contributed by atoms with E-state index in [2.05, 4.69) is 44.9 Å². The quantitative estimate of drug-likeness (QED) is 0.371. The van der Waals surface area contributed by atoms with Gasteiger partial charge in [-0.3, -0.25) is 4.68 Å². The molecule has 0 atom stereocenters. The number of rotatable bonds is 8. The lowest BCUT2D eigenvalue weighted by Crippen LogP contribution is -2.38. The summed E-state index contributed by atoms with van der Waals surface area (Å²) in [6.45, 7) is 5.26. The second kappa shape index (κ2) is 9.41. The lowest BCUT2D eigenvalue weighted by atomic mass is 10.2. The van der Waals surface area contributed by atoms with Crippen molar-refractivity contribution in [1.82, 2.24) is 30.2 Å². The van der Waals surface area contributed by atoms with Crippen molar-refractivity contribution in [3.8, 4) is 5.69 Å². The lowest BCUT2D eigenvalue weighted by Gasteiger charge is -2.11. The normalized spacial score (nSPS) is 11.5. The van der Waals surface area contributed by atoms with E-state index in [0.29, 0.717) is 6.54 Å². The molecule has 0 aliphatic carbocycles. The fourth-order valence-corrected chi connectivity index (χ4v) is 2.61. The SMILES string of the molecule is CCNC(=NCc1cccc(-n2cccn2)c1)NCCCn1cccn1. The first-order valence-corrected chi connectivity index (χ1v) is 8.93. The molecule has 0 aliphatic rings. The van der Waals surface area contributed by atoms with Gasteiger partial charge >= 0.3 is 0 Å². The number of hydrogen-bond donors (Lipinski definition) is 2. The molecule has 0 unspecified atom stereocenters. The molecule has 1 aromatic carbocycles. The summed E-state index contributed by atoms with van der Waals surface area (Å²) in [5.74, 6) is 0.831. The Kier molecular flexibility index (Phi) is 6.41. The molecule has 2 heterocycles. The number of aromatic nitrogens is 4. The van der Waals surface area contributed by atoms with Gasteiger partial charge < -0.3 is 10.6 Å². The average molecular weight is 351 g/mol. The first kappa shape index (κ1) is 17.7. The summed E-state index contributed by atoms with van der Waals surface area (Å²) in [5, 5.41) is 15.1. The molecule has 0 spiro atoms. The van der Waals surface area contributed by atoms with Crippen LogP contribution in [0.25, 0.3) is 5.69 Å². The Hall–Kier alpha value is -3.09. The maximum Gasteiger partial charge on any atom is 0.191 e. The highest BCUT2D eigenvalue weighted by atomic mass is 15.3. The molecule has 3 aromatic rings. The maximum atomic E-state index is 4.68. The number of hydrogen-bond acceptors (Lipinski definition) is 3. The van der Waals surface area contributed by atoms with E-state index in [9.17, 15) is 0 Å². The number of aryl methyl sites for hydroxylation is 1. The summed E-state index contributed by atoms with van der Waals surface area (Å²) in [4.78, 5) is 4.68. The Labute approximate surface area is 153 Å². The van der Waals surface area contributed by atoms with Gasteiger partial charge in [0.05, 0.1) is 12.2 Å². The van der Waals surface area contributed by atoms with Gasteiger partial charge in [-0.05, 0) is 43.2 Å². The third-order valence-electron chi connectivity index (χ3n) is 3.86. The van der Waals surface area contributed by atoms with Crippen molar-refractivity contribution in [3.63, 3.8) is 0 Å². The Morgan fingerprint density at radius 2 is 1.96 bits per heavy atom. The summed E-state index contributed by atoms with van der Waals surface area (Å²) in [7, 11) is 0. The highest BCUT2D eigenvalue weighted by Crippen LogP contribution is 2.10. The van der Waals surface area contributed by atoms with Gasteiger partial charge in [0.2, 0.25) is 0 Å². The summed E-state index contributed by atoms with van der Waals surface area (Å²) in [5.41, 5.74) is 2.19. The zero-order valence-electron chi connectivity index (χ0n) is 15.0. The van der Waals surface area contributed by atoms with E-state index in [1.165, 1.54) is 0 Å². The molecule has 0 fully saturated rings. The molecule has 7 heteroatoms. The molecule has 0 bridgehead atoms. The van der Waals surface area contributed by atoms with Crippen LogP contribution in [0.5, 0.6) is 0 Å². The van der Waals surface area contributed by atoms with Crippen molar-refractivity contribution in [3.05, 3.63) is 66.7 Å². The molecule has 0 saturated heterocycles. The summed E-state index contributed by atoms with van der Waals surface area (Å²) in [6, 6.07) is 12.1. The number of benzene rings is 1. The fourth-order valence-electron chi connectivity index (χ4n) is 2.61. The van der Waals surface area contributed by atoms with Crippen molar-refractivity contribution < 1.29 is 0 Å². The van der Waals surface area contributed by atoms with Gasteiger partial charge in [-0.15, -0.1) is 0 Å². The van der Waals surface area contributed by atoms with Crippen LogP contribution < -0.4 is 10.6 Å². The van der Waals surface area contributed by atoms with E-state index >= 15 is 0 Å². The molecular formula is C19H25N7. The van der Waals surface area contributed by atoms with Gasteiger partial charge in [0, 0.05) is 44.4 Å². The third kappa shape index (κ3) is 5.20. The molecule has 0 saturated carbocycles. The van der Waals surface area contributed by atoms with E-state index in [1.54, 1.807) is 12.4 Å². The highest BCUT2D eigenvalue weighted by molar-refractivity contribution is 5.79. The van der Waals surface area contributed by atoms with Crippen LogP contribution in [0.1, 0.15) is 18.9 Å². The largest absolute Gasteiger partial charge is 0.357 e. The molecule has 26 heavy (non-hydrogen) atoms. The van der Waals surface area contributed by atoms with Gasteiger partial charge in [0.15, 0.2) is 5.96 Å². The number of nitrogens with one attached hydrogen (secondary N) is 2. The minimum atomic E-state index is 0.615. The Bertz CT molecular complexity index is 791. The third-order valence-corrected chi connectivity index (χ3v) is 3.86. The number of aliphatic imine (C=N–C) groups is 1. The Morgan fingerprint density at radius 1 is 1.08 bits per heavy atom. The van der Waals surface area contributed by atoms with Crippen molar-refractivity contribution in [2.75, 3.05) is 13.1 Å². The van der Waals surface area contributed by atoms with Gasteiger partial charge in [0.25, 0.3) is 0 Å². The van der Waals surface area contributed by atoms with Gasteiger partial charge in [0.1, 0.15) is 0 Å². The van der Waals surface area contributed by atoms with Gasteiger partial charge in [-0.1, -0.05) is 12.1 Å². The minimum Gasteiger partial charge on any atom is -0.357 e. The van der Waals surface area contributed by atoms with Gasteiger partial charge in [-0.2, -0.15) is 10.2 Å². The first-order valence-electron chi connectivity index (χ1n) is 8.93. The molecule has 2 N–H and O–H groups in total. The topological polar surface area (TPSA) is 72.1 Å². The number of guanidine groups is 1. The molecule has 7 nitrogen and oxygen atoms in total. The van der Waals surface area contributed by atoms with Crippen LogP contribution in [0.15, 0.2) is 66.2 Å². The Balaban J connectivity index is 1.54. The molecule has 0 aliphatic heterocycles. The molecule has 0 amide bonds. The van der Waals surface area contributed by atoms with E-state index < -0.39 is 0 Å². The average Bonchev–Trinajstić information content (AvgIpc) is 3.37. The molecule has 136 valence electrons. The van der Waals surface area contributed by atoms with Crippen LogP contribution >= 0.6 is 0 Å². The molecule has 0 radical (unpaired) electrons. The summed E-state index contributed by atoms with van der Waals surface area (Å²) < 4.78 is 3.79. The number of nitrogens with zero attached hydrogens (tertiary/aromatic N) is 5. The van der Waals surface area contributed by atoms with Crippen LogP contribution in [0.3, 0.4) is 0 Å². The molecular weight excluding hydrogens is 326 g/mol. The smallest absolute Gasteiger partial charge is 0.191 e. The van der Waals surface area contributed by atoms with E-state index in [0.717, 1.165) is 43.3 Å². The summed E-state index contributed by atoms with van der Waals surface area (Å²) in [6.07, 6.45) is 8.48. The molecule has 3 rings (SSSR count). The van der Waals surface area contributed by atoms with Crippen LogP contribution in [0.4, 0.5) is 0 Å². The van der Waals surface area contributed by atoms with E-state index in [1.807, 2.05) is 46.0 Å². The second-order valence-electron chi connectivity index (χ2n) is 5.87. The second-order valence-corrected chi connectivity index (χ2v) is 5.87. The Morgan fingerprint density at radius 3 is 2.73 bits per heavy atom. The zero-order valence-corrected chi connectivity index (χ0v) is 15.0. The minimum absolute atomic E-state index is 0.615. The van der Waals surface area contributed by atoms with E-state index in [4.69, 9.17) is 0 Å². The van der Waals surface area contributed by atoms with E-state index in [-0.39, 0.29) is 0 Å². The van der Waals surface area contributed by atoms with Crippen molar-refractivity contribution in [2.24, 2.45) is 4.99 Å². The van der Waals surface area contributed by atoms with Crippen molar-refractivity contribution in [2.45, 2.75) is 26.4 Å². The maximum absolute atomic E-state index is 4.68. The first-order chi connectivity index (χ1) is 12.8. The van der Waals surface area contributed by atoms with Crippen molar-refractivity contribution in [1.29, 1.82) is 0 Å². The van der Waals surface area contributed by atoms with Crippen LogP contribution in [-0.4, -0.2) is 38.6 Å². The summed E-state index contributed by atoms with van der Waals surface area (Å²) >= 11 is 0. The van der Waals surface area contributed by atoms with Crippen LogP contribution in [-0.2, 0) is 13.1 Å². The van der Waals surface area contributed by atoms with Crippen molar-refractivity contribution >= 4 is 5.96 Å². The van der Waals surface area contributed by atoms with Gasteiger partial charge in [-0.25, -0.2) is 9.67 Å². The van der Waals surface area contributed by atoms with Crippen LogP contribution in [0, 0.1) is 0 Å². The highest BCUT2D eigenvalue weighted by Gasteiger charge is 2.00. The predicted octanol–water partition coefficient (Wildman–Crippen LogP) is 2.21. The standard InChI is InChI=1S/C19H25N7/c1-2-20-19(21-9-4-12-25-13-5-10-23-25)22-16-17-7-3-8-18(15-17)26-14-6-11-24-26/h3,5-8,10-11,13-15H,2,4,9,12,16H2,1H3,(H2,20,21,22). The zero-order chi connectivity index (χ0) is 18.0. The monoisotopic (exact) mass is 351 g/mol. The lowest BCUT2D eigenvalue weighted by molar-refractivity contribution is 0.570. The molecule has 2 aromatic heterocycles. The van der Waals surface area contributed by atoms with Crippen LogP contribution in [0.2, 0.25) is 0 Å². The predicted molar refractivity (Wildman–Crippen MR) is 103 cm³/mol.